The Labute approximate surface area is 137 Å². The molecule has 0 saturated heterocycles. The van der Waals surface area contributed by atoms with Gasteiger partial charge in [0.1, 0.15) is 0 Å². The molecule has 1 atom stereocenters. The number of anilines is 1. The summed E-state index contributed by atoms with van der Waals surface area (Å²) in [5.74, 6) is 0.427. The van der Waals surface area contributed by atoms with Crippen LogP contribution in [0.5, 0.6) is 0 Å². The van der Waals surface area contributed by atoms with E-state index in [2.05, 4.69) is 44.3 Å². The van der Waals surface area contributed by atoms with Crippen LogP contribution in [0.4, 0.5) is 5.69 Å². The van der Waals surface area contributed by atoms with Crippen molar-refractivity contribution in [3.05, 3.63) is 59.7 Å². The van der Waals surface area contributed by atoms with Gasteiger partial charge in [0.2, 0.25) is 5.91 Å². The molecule has 0 radical (unpaired) electrons. The van der Waals surface area contributed by atoms with E-state index in [1.54, 1.807) is 11.8 Å². The molecule has 0 aliphatic rings. The first-order valence-corrected chi connectivity index (χ1v) is 8.48. The van der Waals surface area contributed by atoms with Crippen molar-refractivity contribution in [3.63, 3.8) is 0 Å². The van der Waals surface area contributed by atoms with Crippen molar-refractivity contribution in [3.8, 4) is 0 Å². The maximum atomic E-state index is 12.4. The number of amides is 1. The molecular weight excluding hydrogens is 290 g/mol. The molecule has 3 heteroatoms. The first kappa shape index (κ1) is 16.6. The van der Waals surface area contributed by atoms with Gasteiger partial charge in [0.05, 0.1) is 5.25 Å². The van der Waals surface area contributed by atoms with Gasteiger partial charge in [-0.2, -0.15) is 0 Å². The fourth-order valence-corrected chi connectivity index (χ4v) is 3.28. The summed E-state index contributed by atoms with van der Waals surface area (Å²) in [5.41, 5.74) is 3.30. The third-order valence-corrected chi connectivity index (χ3v) is 4.61. The van der Waals surface area contributed by atoms with E-state index in [-0.39, 0.29) is 11.2 Å². The second-order valence-corrected chi connectivity index (χ2v) is 7.22. The molecule has 1 unspecified atom stereocenters. The fraction of sp³-hybridized carbons (Fsp3) is 0.316. The van der Waals surface area contributed by atoms with Gasteiger partial charge in [0, 0.05) is 10.6 Å². The summed E-state index contributed by atoms with van der Waals surface area (Å²) in [6.45, 7) is 8.28. The standard InChI is InChI=1S/C19H23NOS/c1-13(2)17-10-5-6-11-18(17)20-19(21)15(4)22-16-9-7-8-14(3)12-16/h5-13,15H,1-4H3,(H,20,21). The molecule has 0 aromatic heterocycles. The van der Waals surface area contributed by atoms with Crippen molar-refractivity contribution < 1.29 is 4.79 Å². The van der Waals surface area contributed by atoms with E-state index in [0.717, 1.165) is 10.6 Å². The lowest BCUT2D eigenvalue weighted by Crippen LogP contribution is -2.23. The Morgan fingerprint density at radius 2 is 1.77 bits per heavy atom. The van der Waals surface area contributed by atoms with Gasteiger partial charge in [-0.1, -0.05) is 49.7 Å². The molecule has 0 aliphatic heterocycles. The predicted octanol–water partition coefficient (Wildman–Crippen LogP) is 5.24. The van der Waals surface area contributed by atoms with Crippen molar-refractivity contribution in [2.75, 3.05) is 5.32 Å². The summed E-state index contributed by atoms with van der Waals surface area (Å²) in [5, 5.41) is 2.93. The van der Waals surface area contributed by atoms with Crippen LogP contribution < -0.4 is 5.32 Å². The molecule has 0 fully saturated rings. The van der Waals surface area contributed by atoms with Gasteiger partial charge < -0.3 is 5.32 Å². The van der Waals surface area contributed by atoms with E-state index in [1.165, 1.54) is 11.1 Å². The van der Waals surface area contributed by atoms with Crippen LogP contribution in [-0.4, -0.2) is 11.2 Å². The van der Waals surface area contributed by atoms with E-state index < -0.39 is 0 Å². The molecule has 0 aliphatic carbocycles. The van der Waals surface area contributed by atoms with Crippen LogP contribution in [-0.2, 0) is 4.79 Å². The van der Waals surface area contributed by atoms with E-state index in [0.29, 0.717) is 5.92 Å². The third-order valence-electron chi connectivity index (χ3n) is 3.51. The van der Waals surface area contributed by atoms with Crippen molar-refractivity contribution >= 4 is 23.4 Å². The minimum Gasteiger partial charge on any atom is -0.325 e. The number of aryl methyl sites for hydroxylation is 1. The van der Waals surface area contributed by atoms with Crippen molar-refractivity contribution in [2.24, 2.45) is 0 Å². The number of carbonyl (C=O) groups excluding carboxylic acids is 1. The predicted molar refractivity (Wildman–Crippen MR) is 95.7 cm³/mol. The second kappa shape index (κ2) is 7.50. The monoisotopic (exact) mass is 313 g/mol. The Morgan fingerprint density at radius 1 is 1.05 bits per heavy atom. The van der Waals surface area contributed by atoms with Crippen molar-refractivity contribution in [1.82, 2.24) is 0 Å². The van der Waals surface area contributed by atoms with Gasteiger partial charge in [-0.3, -0.25) is 4.79 Å². The molecule has 2 nitrogen and oxygen atoms in total. The van der Waals surface area contributed by atoms with Crippen molar-refractivity contribution in [1.29, 1.82) is 0 Å². The number of para-hydroxylation sites is 1. The molecule has 2 rings (SSSR count). The summed E-state index contributed by atoms with van der Waals surface area (Å²) in [7, 11) is 0. The number of carbonyl (C=O) groups is 1. The number of benzene rings is 2. The topological polar surface area (TPSA) is 29.1 Å². The Hall–Kier alpha value is -1.74. The van der Waals surface area contributed by atoms with E-state index >= 15 is 0 Å². The molecular formula is C19H23NOS. The highest BCUT2D eigenvalue weighted by Gasteiger charge is 2.16. The molecule has 22 heavy (non-hydrogen) atoms. The number of nitrogens with one attached hydrogen (secondary N) is 1. The van der Waals surface area contributed by atoms with Gasteiger partial charge >= 0.3 is 0 Å². The molecule has 1 amide bonds. The average Bonchev–Trinajstić information content (AvgIpc) is 2.47. The molecule has 0 bridgehead atoms. The zero-order chi connectivity index (χ0) is 16.1. The highest BCUT2D eigenvalue weighted by Crippen LogP contribution is 2.27. The minimum atomic E-state index is -0.137. The molecule has 2 aromatic rings. The van der Waals surface area contributed by atoms with Gasteiger partial charge in [0.25, 0.3) is 0 Å². The summed E-state index contributed by atoms with van der Waals surface area (Å²) in [6.07, 6.45) is 0. The SMILES string of the molecule is Cc1cccc(SC(C)C(=O)Nc2ccccc2C(C)C)c1. The largest absolute Gasteiger partial charge is 0.325 e. The maximum Gasteiger partial charge on any atom is 0.237 e. The minimum absolute atomic E-state index is 0.0413. The van der Waals surface area contributed by atoms with Gasteiger partial charge in [-0.15, -0.1) is 11.8 Å². The van der Waals surface area contributed by atoms with Gasteiger partial charge in [-0.05, 0) is 43.5 Å². The lowest BCUT2D eigenvalue weighted by molar-refractivity contribution is -0.115. The number of thioether (sulfide) groups is 1. The van der Waals surface area contributed by atoms with Crippen LogP contribution >= 0.6 is 11.8 Å². The van der Waals surface area contributed by atoms with Crippen LogP contribution in [0, 0.1) is 6.92 Å². The number of hydrogen-bond acceptors (Lipinski definition) is 2. The summed E-state index contributed by atoms with van der Waals surface area (Å²) < 4.78 is 0. The zero-order valence-electron chi connectivity index (χ0n) is 13.6. The van der Waals surface area contributed by atoms with Crippen molar-refractivity contribution in [2.45, 2.75) is 43.8 Å². The zero-order valence-corrected chi connectivity index (χ0v) is 14.4. The fourth-order valence-electron chi connectivity index (χ4n) is 2.29. The second-order valence-electron chi connectivity index (χ2n) is 5.81. The molecule has 116 valence electrons. The quantitative estimate of drug-likeness (QED) is 0.765. The molecule has 2 aromatic carbocycles. The lowest BCUT2D eigenvalue weighted by atomic mass is 10.0. The molecule has 1 N–H and O–H groups in total. The van der Waals surface area contributed by atoms with Gasteiger partial charge in [-0.25, -0.2) is 0 Å². The Balaban J connectivity index is 2.06. The third kappa shape index (κ3) is 4.38. The van der Waals surface area contributed by atoms with E-state index in [1.807, 2.05) is 37.3 Å². The maximum absolute atomic E-state index is 12.4. The Kier molecular flexibility index (Phi) is 5.67. The van der Waals surface area contributed by atoms with Crippen LogP contribution in [0.1, 0.15) is 37.8 Å². The number of rotatable bonds is 5. The molecule has 0 saturated carbocycles. The Bertz CT molecular complexity index is 651. The van der Waals surface area contributed by atoms with Crippen LogP contribution in [0.25, 0.3) is 0 Å². The first-order valence-electron chi connectivity index (χ1n) is 7.60. The summed E-state index contributed by atoms with van der Waals surface area (Å²) >= 11 is 1.59. The Morgan fingerprint density at radius 3 is 2.45 bits per heavy atom. The average molecular weight is 313 g/mol. The van der Waals surface area contributed by atoms with Gasteiger partial charge in [0.15, 0.2) is 0 Å². The summed E-state index contributed by atoms with van der Waals surface area (Å²) in [6, 6.07) is 16.2. The normalized spacial score (nSPS) is 12.2. The van der Waals surface area contributed by atoms with E-state index in [4.69, 9.17) is 0 Å². The molecule has 0 heterocycles. The van der Waals surface area contributed by atoms with Crippen LogP contribution in [0.15, 0.2) is 53.4 Å². The summed E-state index contributed by atoms with van der Waals surface area (Å²) in [4.78, 5) is 13.6. The van der Waals surface area contributed by atoms with E-state index in [9.17, 15) is 4.79 Å². The highest BCUT2D eigenvalue weighted by atomic mass is 32.2. The van der Waals surface area contributed by atoms with Crippen LogP contribution in [0.3, 0.4) is 0 Å². The highest BCUT2D eigenvalue weighted by molar-refractivity contribution is 8.00. The smallest absolute Gasteiger partial charge is 0.237 e. The lowest BCUT2D eigenvalue weighted by Gasteiger charge is -2.16. The first-order chi connectivity index (χ1) is 10.5. The number of hydrogen-bond donors (Lipinski definition) is 1. The molecule has 0 spiro atoms. The van der Waals surface area contributed by atoms with Crippen LogP contribution in [0.2, 0.25) is 0 Å².